The third kappa shape index (κ3) is 2.85. The highest BCUT2D eigenvalue weighted by molar-refractivity contribution is 5.42. The molecule has 1 unspecified atom stereocenters. The van der Waals surface area contributed by atoms with Gasteiger partial charge in [0.25, 0.3) is 0 Å². The Morgan fingerprint density at radius 2 is 2.00 bits per heavy atom. The normalized spacial score (nSPS) is 19.3. The van der Waals surface area contributed by atoms with Gasteiger partial charge in [-0.15, -0.1) is 0 Å². The standard InChI is InChI=1S/C15H24N2O/c1-16(2)10-11-17(3)14-8-4-7-13-12(14)6-5-9-15(13)18/h5-6,9,14,18H,4,7-8,10-11H2,1-3H3. The van der Waals surface area contributed by atoms with Crippen LogP contribution in [0.1, 0.15) is 30.0 Å². The van der Waals surface area contributed by atoms with Crippen molar-refractivity contribution in [1.29, 1.82) is 0 Å². The maximum atomic E-state index is 9.95. The molecule has 1 N–H and O–H groups in total. The lowest BCUT2D eigenvalue weighted by atomic mass is 9.86. The monoisotopic (exact) mass is 248 g/mol. The fourth-order valence-corrected chi connectivity index (χ4v) is 2.78. The number of nitrogens with zero attached hydrogens (tertiary/aromatic N) is 2. The molecular formula is C15H24N2O. The van der Waals surface area contributed by atoms with Crippen LogP contribution in [-0.4, -0.2) is 49.1 Å². The Kier molecular flexibility index (Phi) is 4.25. The van der Waals surface area contributed by atoms with E-state index >= 15 is 0 Å². The van der Waals surface area contributed by atoms with Crippen molar-refractivity contribution in [3.63, 3.8) is 0 Å². The van der Waals surface area contributed by atoms with Crippen LogP contribution in [0.25, 0.3) is 0 Å². The third-order valence-electron chi connectivity index (χ3n) is 3.88. The summed E-state index contributed by atoms with van der Waals surface area (Å²) in [5, 5.41) is 9.95. The molecule has 3 heteroatoms. The Morgan fingerprint density at radius 1 is 1.22 bits per heavy atom. The summed E-state index contributed by atoms with van der Waals surface area (Å²) in [6.07, 6.45) is 3.38. The smallest absolute Gasteiger partial charge is 0.119 e. The molecular weight excluding hydrogens is 224 g/mol. The number of fused-ring (bicyclic) bond motifs is 1. The van der Waals surface area contributed by atoms with E-state index in [1.807, 2.05) is 6.07 Å². The minimum Gasteiger partial charge on any atom is -0.508 e. The summed E-state index contributed by atoms with van der Waals surface area (Å²) in [6.45, 7) is 2.13. The number of aromatic hydroxyl groups is 1. The fraction of sp³-hybridized carbons (Fsp3) is 0.600. The van der Waals surface area contributed by atoms with E-state index < -0.39 is 0 Å². The summed E-state index contributed by atoms with van der Waals surface area (Å²) in [6, 6.07) is 6.40. The number of benzene rings is 1. The highest BCUT2D eigenvalue weighted by atomic mass is 16.3. The minimum absolute atomic E-state index is 0.459. The molecule has 100 valence electrons. The number of phenols is 1. The summed E-state index contributed by atoms with van der Waals surface area (Å²) < 4.78 is 0. The molecule has 1 aromatic rings. The predicted octanol–water partition coefficient (Wildman–Crippen LogP) is 2.26. The van der Waals surface area contributed by atoms with Crippen molar-refractivity contribution < 1.29 is 5.11 Å². The SMILES string of the molecule is CN(C)CCN(C)C1CCCc2c(O)cccc21. The maximum Gasteiger partial charge on any atom is 0.119 e. The zero-order valence-electron chi connectivity index (χ0n) is 11.7. The lowest BCUT2D eigenvalue weighted by molar-refractivity contribution is 0.199. The first-order chi connectivity index (χ1) is 8.59. The van der Waals surface area contributed by atoms with Crippen molar-refractivity contribution in [2.24, 2.45) is 0 Å². The molecule has 0 saturated heterocycles. The molecule has 0 amide bonds. The van der Waals surface area contributed by atoms with Crippen LogP contribution in [-0.2, 0) is 6.42 Å². The molecule has 2 rings (SSSR count). The van der Waals surface area contributed by atoms with Gasteiger partial charge in [0, 0.05) is 19.1 Å². The summed E-state index contributed by atoms with van der Waals surface area (Å²) >= 11 is 0. The van der Waals surface area contributed by atoms with Crippen molar-refractivity contribution in [2.45, 2.75) is 25.3 Å². The van der Waals surface area contributed by atoms with Crippen molar-refractivity contribution in [3.8, 4) is 5.75 Å². The molecule has 0 heterocycles. The quantitative estimate of drug-likeness (QED) is 0.885. The topological polar surface area (TPSA) is 26.7 Å². The number of phenolic OH excluding ortho intramolecular Hbond substituents is 1. The third-order valence-corrected chi connectivity index (χ3v) is 3.88. The van der Waals surface area contributed by atoms with E-state index in [2.05, 4.69) is 37.0 Å². The largest absolute Gasteiger partial charge is 0.508 e. The minimum atomic E-state index is 0.459. The van der Waals surface area contributed by atoms with Crippen LogP contribution >= 0.6 is 0 Å². The average Bonchev–Trinajstić information content (AvgIpc) is 2.36. The van der Waals surface area contributed by atoms with Crippen molar-refractivity contribution in [2.75, 3.05) is 34.2 Å². The Morgan fingerprint density at radius 3 is 2.72 bits per heavy atom. The summed E-state index contributed by atoms with van der Waals surface area (Å²) in [5.74, 6) is 0.471. The van der Waals surface area contributed by atoms with Crippen molar-refractivity contribution in [3.05, 3.63) is 29.3 Å². The van der Waals surface area contributed by atoms with E-state index in [0.717, 1.165) is 25.1 Å². The highest BCUT2D eigenvalue weighted by Gasteiger charge is 2.25. The molecule has 18 heavy (non-hydrogen) atoms. The number of likely N-dealkylation sites (N-methyl/N-ethyl adjacent to an activating group) is 2. The van der Waals surface area contributed by atoms with E-state index in [1.54, 1.807) is 6.07 Å². The molecule has 0 aromatic heterocycles. The molecule has 1 atom stereocenters. The van der Waals surface area contributed by atoms with Crippen LogP contribution in [0.4, 0.5) is 0 Å². The molecule has 1 aliphatic carbocycles. The first-order valence-corrected chi connectivity index (χ1v) is 6.75. The highest BCUT2D eigenvalue weighted by Crippen LogP contribution is 2.37. The summed E-state index contributed by atoms with van der Waals surface area (Å²) in [7, 11) is 6.40. The zero-order valence-corrected chi connectivity index (χ0v) is 11.7. The molecule has 0 spiro atoms. The second-order valence-corrected chi connectivity index (χ2v) is 5.54. The van der Waals surface area contributed by atoms with Gasteiger partial charge in [-0.25, -0.2) is 0 Å². The van der Waals surface area contributed by atoms with E-state index in [-0.39, 0.29) is 0 Å². The van der Waals surface area contributed by atoms with Crippen LogP contribution < -0.4 is 0 Å². The Bertz CT molecular complexity index is 403. The van der Waals surface area contributed by atoms with Crippen LogP contribution in [0.2, 0.25) is 0 Å². The van der Waals surface area contributed by atoms with Gasteiger partial charge in [0.1, 0.15) is 5.75 Å². The second kappa shape index (κ2) is 5.72. The molecule has 0 fully saturated rings. The number of hydrogen-bond acceptors (Lipinski definition) is 3. The zero-order chi connectivity index (χ0) is 13.1. The van der Waals surface area contributed by atoms with Gasteiger partial charge in [-0.1, -0.05) is 12.1 Å². The van der Waals surface area contributed by atoms with Gasteiger partial charge < -0.3 is 10.0 Å². The van der Waals surface area contributed by atoms with Crippen LogP contribution in [0, 0.1) is 0 Å². The van der Waals surface area contributed by atoms with Crippen LogP contribution in [0.5, 0.6) is 5.75 Å². The van der Waals surface area contributed by atoms with E-state index in [0.29, 0.717) is 11.8 Å². The van der Waals surface area contributed by atoms with Crippen LogP contribution in [0.3, 0.4) is 0 Å². The Hall–Kier alpha value is -1.06. The van der Waals surface area contributed by atoms with Crippen molar-refractivity contribution >= 4 is 0 Å². The summed E-state index contributed by atoms with van der Waals surface area (Å²) in [4.78, 5) is 4.63. The molecule has 0 aliphatic heterocycles. The molecule has 1 aromatic carbocycles. The predicted molar refractivity (Wildman–Crippen MR) is 75.0 cm³/mol. The lowest BCUT2D eigenvalue weighted by Crippen LogP contribution is -2.33. The number of hydrogen-bond donors (Lipinski definition) is 1. The van der Waals surface area contributed by atoms with Gasteiger partial charge >= 0.3 is 0 Å². The fourth-order valence-electron chi connectivity index (χ4n) is 2.78. The first kappa shape index (κ1) is 13.4. The van der Waals surface area contributed by atoms with Gasteiger partial charge in [-0.3, -0.25) is 4.90 Å². The summed E-state index contributed by atoms with van der Waals surface area (Å²) in [5.41, 5.74) is 2.48. The molecule has 0 bridgehead atoms. The maximum absolute atomic E-state index is 9.95. The lowest BCUT2D eigenvalue weighted by Gasteiger charge is -2.34. The molecule has 0 saturated carbocycles. The van der Waals surface area contributed by atoms with Gasteiger partial charge in [-0.05, 0) is 57.6 Å². The Balaban J connectivity index is 2.14. The number of rotatable bonds is 4. The van der Waals surface area contributed by atoms with Crippen molar-refractivity contribution in [1.82, 2.24) is 9.80 Å². The second-order valence-electron chi connectivity index (χ2n) is 5.54. The van der Waals surface area contributed by atoms with E-state index in [4.69, 9.17) is 0 Å². The molecule has 1 aliphatic rings. The Labute approximate surface area is 110 Å². The van der Waals surface area contributed by atoms with Crippen LogP contribution in [0.15, 0.2) is 18.2 Å². The van der Waals surface area contributed by atoms with E-state index in [1.165, 1.54) is 18.4 Å². The van der Waals surface area contributed by atoms with Gasteiger partial charge in [0.2, 0.25) is 0 Å². The van der Waals surface area contributed by atoms with Gasteiger partial charge in [-0.2, -0.15) is 0 Å². The van der Waals surface area contributed by atoms with E-state index in [9.17, 15) is 5.11 Å². The first-order valence-electron chi connectivity index (χ1n) is 6.75. The van der Waals surface area contributed by atoms with Gasteiger partial charge in [0.15, 0.2) is 0 Å². The molecule has 0 radical (unpaired) electrons. The average molecular weight is 248 g/mol. The molecule has 3 nitrogen and oxygen atoms in total. The van der Waals surface area contributed by atoms with Gasteiger partial charge in [0.05, 0.1) is 0 Å².